The van der Waals surface area contributed by atoms with Crippen LogP contribution in [0.4, 0.5) is 0 Å². The molecule has 0 N–H and O–H groups in total. The maximum Gasteiger partial charge on any atom is 0.388 e. The Hall–Kier alpha value is -1.42. The Kier molecular flexibility index (Phi) is 7.53. The van der Waals surface area contributed by atoms with Crippen LogP contribution in [0.15, 0.2) is 24.3 Å². The molecule has 1 fully saturated rings. The number of ether oxygens (including phenoxy) is 1. The fourth-order valence-corrected chi connectivity index (χ4v) is 4.46. The molecule has 0 saturated heterocycles. The average molecular weight is 444 g/mol. The smallest absolute Gasteiger partial charge is 0.388 e. The van der Waals surface area contributed by atoms with Crippen molar-refractivity contribution in [3.05, 3.63) is 29.8 Å². The minimum Gasteiger partial charge on any atom is -0.497 e. The zero-order chi connectivity index (χ0) is 21.9. The third-order valence-corrected chi connectivity index (χ3v) is 11.4. The molecule has 0 atom stereocenters. The van der Waals surface area contributed by atoms with Crippen LogP contribution in [0.3, 0.4) is 0 Å². The average Bonchev–Trinajstić information content (AvgIpc) is 3.45. The largest absolute Gasteiger partial charge is 0.497 e. The van der Waals surface area contributed by atoms with E-state index in [0.29, 0.717) is 18.6 Å². The maximum atomic E-state index is 12.8. The number of hydrogen-bond donors (Lipinski definition) is 0. The van der Waals surface area contributed by atoms with Crippen molar-refractivity contribution in [2.75, 3.05) is 20.3 Å². The van der Waals surface area contributed by atoms with Crippen LogP contribution in [-0.4, -0.2) is 47.3 Å². The number of nitrogens with zero attached hydrogens (tertiary/aromatic N) is 1. The Morgan fingerprint density at radius 3 is 2.24 bits per heavy atom. The monoisotopic (exact) mass is 443 g/mol. The van der Waals surface area contributed by atoms with Gasteiger partial charge in [-0.3, -0.25) is 4.79 Å². The van der Waals surface area contributed by atoms with Crippen LogP contribution in [0, 0.1) is 5.92 Å². The molecule has 9 heteroatoms. The maximum absolute atomic E-state index is 12.8. The summed E-state index contributed by atoms with van der Waals surface area (Å²) in [6.45, 7) is 11.1. The zero-order valence-corrected chi connectivity index (χ0v) is 20.0. The molecule has 0 spiro atoms. The van der Waals surface area contributed by atoms with Crippen molar-refractivity contribution in [2.24, 2.45) is 5.92 Å². The first-order valence-electron chi connectivity index (χ1n) is 9.86. The number of carbonyl (C=O) groups is 1. The molecular formula is C20H33NO6SSi. The Morgan fingerprint density at radius 1 is 1.17 bits per heavy atom. The summed E-state index contributed by atoms with van der Waals surface area (Å²) in [4.78, 5) is 12.0. The Balaban J connectivity index is 2.11. The van der Waals surface area contributed by atoms with Crippen molar-refractivity contribution in [3.8, 4) is 5.75 Å². The van der Waals surface area contributed by atoms with Gasteiger partial charge in [0.05, 0.1) is 13.0 Å². The van der Waals surface area contributed by atoms with Crippen molar-refractivity contribution in [2.45, 2.75) is 58.3 Å². The van der Waals surface area contributed by atoms with Gasteiger partial charge in [-0.1, -0.05) is 32.9 Å². The van der Waals surface area contributed by atoms with E-state index in [1.54, 1.807) is 31.4 Å². The van der Waals surface area contributed by atoms with E-state index in [9.17, 15) is 13.2 Å². The Labute approximate surface area is 175 Å². The van der Waals surface area contributed by atoms with Crippen LogP contribution in [0.1, 0.15) is 39.2 Å². The summed E-state index contributed by atoms with van der Waals surface area (Å²) in [6, 6.07) is 7.11. The van der Waals surface area contributed by atoms with Gasteiger partial charge in [0, 0.05) is 19.7 Å². The minimum absolute atomic E-state index is 0.0190. The zero-order valence-electron chi connectivity index (χ0n) is 18.2. The second-order valence-electron chi connectivity index (χ2n) is 8.92. The molecule has 0 bridgehead atoms. The lowest BCUT2D eigenvalue weighted by Crippen LogP contribution is -2.44. The van der Waals surface area contributed by atoms with Crippen molar-refractivity contribution >= 4 is 24.6 Å². The van der Waals surface area contributed by atoms with Gasteiger partial charge in [0.2, 0.25) is 0 Å². The van der Waals surface area contributed by atoms with Gasteiger partial charge in [0.15, 0.2) is 8.32 Å². The predicted molar refractivity (Wildman–Crippen MR) is 114 cm³/mol. The molecular weight excluding hydrogens is 410 g/mol. The number of methoxy groups -OCH3 is 1. The van der Waals surface area contributed by atoms with Crippen LogP contribution in [0.5, 0.6) is 5.75 Å². The lowest BCUT2D eigenvalue weighted by Gasteiger charge is -2.36. The van der Waals surface area contributed by atoms with E-state index < -0.39 is 24.6 Å². The highest BCUT2D eigenvalue weighted by atomic mass is 32.2. The fraction of sp³-hybridized carbons (Fsp3) is 0.650. The molecule has 29 heavy (non-hydrogen) atoms. The number of rotatable bonds is 10. The van der Waals surface area contributed by atoms with E-state index in [4.69, 9.17) is 13.3 Å². The van der Waals surface area contributed by atoms with Gasteiger partial charge in [0.25, 0.3) is 0 Å². The first-order valence-corrected chi connectivity index (χ1v) is 14.1. The summed E-state index contributed by atoms with van der Waals surface area (Å²) in [5, 5.41) is 0.0190. The van der Waals surface area contributed by atoms with Gasteiger partial charge in [-0.25, -0.2) is 0 Å². The first kappa shape index (κ1) is 23.9. The molecule has 0 aliphatic heterocycles. The molecule has 1 aromatic carbocycles. The topological polar surface area (TPSA) is 82.1 Å². The second kappa shape index (κ2) is 9.16. The molecule has 164 valence electrons. The Morgan fingerprint density at radius 2 is 1.76 bits per heavy atom. The summed E-state index contributed by atoms with van der Waals surface area (Å²) in [5.74, 6) is -0.282. The highest BCUT2D eigenvalue weighted by Crippen LogP contribution is 2.36. The predicted octanol–water partition coefficient (Wildman–Crippen LogP) is 3.72. The molecule has 0 heterocycles. The normalized spacial score (nSPS) is 15.4. The molecule has 1 aliphatic rings. The van der Waals surface area contributed by atoms with Crippen LogP contribution in [0.2, 0.25) is 18.1 Å². The fourth-order valence-electron chi connectivity index (χ4n) is 2.37. The molecule has 7 nitrogen and oxygen atoms in total. The molecule has 2 rings (SSSR count). The lowest BCUT2D eigenvalue weighted by molar-refractivity contribution is -0.135. The van der Waals surface area contributed by atoms with Crippen molar-refractivity contribution in [1.82, 2.24) is 4.31 Å². The third-order valence-electron chi connectivity index (χ3n) is 5.54. The van der Waals surface area contributed by atoms with E-state index in [2.05, 4.69) is 33.9 Å². The second-order valence-corrected chi connectivity index (χ2v) is 15.3. The van der Waals surface area contributed by atoms with Gasteiger partial charge >= 0.3 is 16.3 Å². The lowest BCUT2D eigenvalue weighted by atomic mass is 10.2. The van der Waals surface area contributed by atoms with E-state index in [1.807, 2.05) is 0 Å². The van der Waals surface area contributed by atoms with Crippen molar-refractivity contribution < 1.29 is 26.6 Å². The van der Waals surface area contributed by atoms with Crippen LogP contribution < -0.4 is 4.74 Å². The molecule has 1 aromatic rings. The van der Waals surface area contributed by atoms with E-state index in [0.717, 1.165) is 5.56 Å². The molecule has 0 aromatic heterocycles. The summed E-state index contributed by atoms with van der Waals surface area (Å²) in [7, 11) is -4.66. The SMILES string of the molecule is COc1ccc(CN(CCO[Si](C)(C)C(C)(C)C)S(=O)(=O)OC(=O)C2CC2)cc1. The summed E-state index contributed by atoms with van der Waals surface area (Å²) < 4.78 is 42.9. The van der Waals surface area contributed by atoms with Crippen LogP contribution in [-0.2, 0) is 30.3 Å². The quantitative estimate of drug-likeness (QED) is 0.513. The summed E-state index contributed by atoms with van der Waals surface area (Å²) in [5.41, 5.74) is 0.768. The molecule has 0 amide bonds. The van der Waals surface area contributed by atoms with Crippen LogP contribution >= 0.6 is 0 Å². The number of carbonyl (C=O) groups excluding carboxylic acids is 1. The van der Waals surface area contributed by atoms with E-state index >= 15 is 0 Å². The number of benzene rings is 1. The number of hydrogen-bond acceptors (Lipinski definition) is 6. The third kappa shape index (κ3) is 6.80. The molecule has 1 saturated carbocycles. The Bertz CT molecular complexity index is 797. The molecule has 0 radical (unpaired) electrons. The standard InChI is InChI=1S/C20H33NO6SSi/c1-20(2,3)29(5,6)26-14-13-21(15-16-7-11-18(25-4)12-8-16)28(23,24)27-19(22)17-9-10-17/h7-8,11-12,17H,9-10,13-15H2,1-6H3. The molecule has 1 aliphatic carbocycles. The van der Waals surface area contributed by atoms with E-state index in [1.165, 1.54) is 4.31 Å². The summed E-state index contributed by atoms with van der Waals surface area (Å²) in [6.07, 6.45) is 1.36. The summed E-state index contributed by atoms with van der Waals surface area (Å²) >= 11 is 0. The van der Waals surface area contributed by atoms with Crippen LogP contribution in [0.25, 0.3) is 0 Å². The molecule has 0 unspecified atom stereocenters. The van der Waals surface area contributed by atoms with Gasteiger partial charge in [-0.05, 0) is 48.7 Å². The van der Waals surface area contributed by atoms with E-state index in [-0.39, 0.29) is 30.7 Å². The van der Waals surface area contributed by atoms with Gasteiger partial charge < -0.3 is 13.3 Å². The van der Waals surface area contributed by atoms with Crippen molar-refractivity contribution in [3.63, 3.8) is 0 Å². The van der Waals surface area contributed by atoms with Crippen molar-refractivity contribution in [1.29, 1.82) is 0 Å². The minimum atomic E-state index is -4.21. The van der Waals surface area contributed by atoms with Gasteiger partial charge in [-0.2, -0.15) is 12.7 Å². The first-order chi connectivity index (χ1) is 13.4. The highest BCUT2D eigenvalue weighted by Gasteiger charge is 2.39. The van der Waals surface area contributed by atoms with Gasteiger partial charge in [0.1, 0.15) is 5.75 Å². The van der Waals surface area contributed by atoms with Gasteiger partial charge in [-0.15, -0.1) is 0 Å². The highest BCUT2D eigenvalue weighted by molar-refractivity contribution is 7.84.